The molecule has 0 fully saturated rings. The smallest absolute Gasteiger partial charge is 0.280 e. The van der Waals surface area contributed by atoms with E-state index in [1.807, 2.05) is 50.2 Å². The largest absolute Gasteiger partial charge is 0.486 e. The molecule has 1 aliphatic heterocycles. The number of ether oxygens (including phenoxy) is 2. The number of hydrogen-bond donors (Lipinski definition) is 0. The van der Waals surface area contributed by atoms with Crippen LogP contribution in [0.4, 0.5) is 5.69 Å². The van der Waals surface area contributed by atoms with E-state index in [4.69, 9.17) is 9.47 Å². The Hall–Kier alpha value is -2.87. The van der Waals surface area contributed by atoms with E-state index in [1.165, 1.54) is 0 Å². The normalized spacial score (nSPS) is 12.7. The van der Waals surface area contributed by atoms with Crippen LogP contribution in [0.1, 0.15) is 21.7 Å². The predicted molar refractivity (Wildman–Crippen MR) is 109 cm³/mol. The maximum atomic E-state index is 13.0. The van der Waals surface area contributed by atoms with Gasteiger partial charge in [-0.2, -0.15) is 0 Å². The van der Waals surface area contributed by atoms with Crippen molar-refractivity contribution in [3.8, 4) is 17.2 Å². The van der Waals surface area contributed by atoms with E-state index in [0.29, 0.717) is 36.1 Å². The van der Waals surface area contributed by atoms with Crippen LogP contribution in [0.2, 0.25) is 0 Å². The van der Waals surface area contributed by atoms with Crippen LogP contribution in [0.3, 0.4) is 0 Å². The number of amides is 1. The van der Waals surface area contributed by atoms with Crippen molar-refractivity contribution in [3.05, 3.63) is 57.8 Å². The Morgan fingerprint density at radius 3 is 2.61 bits per heavy atom. The van der Waals surface area contributed by atoms with Crippen molar-refractivity contribution in [2.45, 2.75) is 13.8 Å². The van der Waals surface area contributed by atoms with Crippen molar-refractivity contribution in [1.82, 2.24) is 15.0 Å². The summed E-state index contributed by atoms with van der Waals surface area (Å²) < 4.78 is 13.8. The molecule has 0 aliphatic carbocycles. The van der Waals surface area contributed by atoms with E-state index >= 15 is 0 Å². The number of benzene rings is 2. The molecule has 28 heavy (non-hydrogen) atoms. The minimum atomic E-state index is -0.219. The van der Waals surface area contributed by atoms with Crippen molar-refractivity contribution in [2.24, 2.45) is 0 Å². The molecule has 2 heterocycles. The van der Waals surface area contributed by atoms with Gasteiger partial charge in [0, 0.05) is 23.3 Å². The lowest BCUT2D eigenvalue weighted by atomic mass is 10.2. The third kappa shape index (κ3) is 3.24. The van der Waals surface area contributed by atoms with Crippen LogP contribution in [0.5, 0.6) is 11.5 Å². The van der Waals surface area contributed by atoms with Crippen molar-refractivity contribution < 1.29 is 14.3 Å². The maximum absolute atomic E-state index is 13.0. The number of anilines is 1. The summed E-state index contributed by atoms with van der Waals surface area (Å²) in [5.41, 5.74) is 3.56. The highest BCUT2D eigenvalue weighted by molar-refractivity contribution is 9.10. The zero-order chi connectivity index (χ0) is 19.8. The summed E-state index contributed by atoms with van der Waals surface area (Å²) in [5.74, 6) is 1.14. The van der Waals surface area contributed by atoms with E-state index in [0.717, 1.165) is 21.4 Å². The molecule has 144 valence electrons. The molecule has 8 heteroatoms. The number of halogens is 1. The van der Waals surface area contributed by atoms with E-state index in [1.54, 1.807) is 16.6 Å². The Labute approximate surface area is 171 Å². The standard InChI is InChI=1S/C20H19BrN4O3/c1-12-10-14(4-6-16(12)21)24(3)20(26)19-13(2)25(23-22-19)15-5-7-17-18(11-15)28-9-8-27-17/h4-7,10-11H,8-9H2,1-3H3. The molecule has 7 nitrogen and oxygen atoms in total. The Bertz CT molecular complexity index is 1060. The lowest BCUT2D eigenvalue weighted by Gasteiger charge is -2.19. The van der Waals surface area contributed by atoms with Crippen molar-refractivity contribution >= 4 is 27.5 Å². The fraction of sp³-hybridized carbons (Fsp3) is 0.250. The summed E-state index contributed by atoms with van der Waals surface area (Å²) in [7, 11) is 1.73. The summed E-state index contributed by atoms with van der Waals surface area (Å²) in [6.07, 6.45) is 0. The second-order valence-electron chi connectivity index (χ2n) is 6.56. The Kier molecular flexibility index (Phi) is 4.80. The van der Waals surface area contributed by atoms with E-state index < -0.39 is 0 Å². The maximum Gasteiger partial charge on any atom is 0.280 e. The molecule has 1 amide bonds. The van der Waals surface area contributed by atoms with Crippen LogP contribution < -0.4 is 14.4 Å². The number of carbonyl (C=O) groups is 1. The Morgan fingerprint density at radius 2 is 1.86 bits per heavy atom. The van der Waals surface area contributed by atoms with Crippen LogP contribution in [-0.2, 0) is 0 Å². The number of aromatic nitrogens is 3. The van der Waals surface area contributed by atoms with Gasteiger partial charge in [0.15, 0.2) is 17.2 Å². The number of hydrogen-bond acceptors (Lipinski definition) is 5. The monoisotopic (exact) mass is 442 g/mol. The third-order valence-corrected chi connectivity index (χ3v) is 5.59. The van der Waals surface area contributed by atoms with Crippen molar-refractivity contribution in [3.63, 3.8) is 0 Å². The van der Waals surface area contributed by atoms with Gasteiger partial charge in [-0.25, -0.2) is 4.68 Å². The lowest BCUT2D eigenvalue weighted by molar-refractivity contribution is 0.0987. The van der Waals surface area contributed by atoms with Gasteiger partial charge in [0.25, 0.3) is 5.91 Å². The summed E-state index contributed by atoms with van der Waals surface area (Å²) in [5, 5.41) is 8.31. The number of rotatable bonds is 3. The first kappa shape index (κ1) is 18.5. The van der Waals surface area contributed by atoms with Gasteiger partial charge in [0.05, 0.1) is 11.4 Å². The average molecular weight is 443 g/mol. The first-order valence-corrected chi connectivity index (χ1v) is 9.61. The van der Waals surface area contributed by atoms with Gasteiger partial charge in [-0.15, -0.1) is 5.10 Å². The molecule has 0 saturated carbocycles. The SMILES string of the molecule is Cc1cc(N(C)C(=O)c2nnn(-c3ccc4c(c3)OCCO4)c2C)ccc1Br. The van der Waals surface area contributed by atoms with Gasteiger partial charge >= 0.3 is 0 Å². The summed E-state index contributed by atoms with van der Waals surface area (Å²) in [6.45, 7) is 4.85. The highest BCUT2D eigenvalue weighted by atomic mass is 79.9. The highest BCUT2D eigenvalue weighted by Gasteiger charge is 2.23. The molecule has 0 spiro atoms. The molecule has 0 radical (unpaired) electrons. The fourth-order valence-corrected chi connectivity index (χ4v) is 3.30. The van der Waals surface area contributed by atoms with Gasteiger partial charge in [0.2, 0.25) is 0 Å². The third-order valence-electron chi connectivity index (χ3n) is 4.70. The van der Waals surface area contributed by atoms with E-state index in [2.05, 4.69) is 26.2 Å². The minimum absolute atomic E-state index is 0.219. The Morgan fingerprint density at radius 1 is 1.11 bits per heavy atom. The van der Waals surface area contributed by atoms with E-state index in [9.17, 15) is 4.79 Å². The fourth-order valence-electron chi connectivity index (χ4n) is 3.05. The number of carbonyl (C=O) groups excluding carboxylic acids is 1. The van der Waals surface area contributed by atoms with Crippen molar-refractivity contribution in [2.75, 3.05) is 25.2 Å². The molecular weight excluding hydrogens is 424 g/mol. The van der Waals surface area contributed by atoms with Crippen LogP contribution in [0.15, 0.2) is 40.9 Å². The van der Waals surface area contributed by atoms with Crippen molar-refractivity contribution in [1.29, 1.82) is 0 Å². The van der Waals surface area contributed by atoms with Gasteiger partial charge < -0.3 is 14.4 Å². The quantitative estimate of drug-likeness (QED) is 0.618. The molecule has 3 aromatic rings. The molecule has 0 atom stereocenters. The zero-order valence-electron chi connectivity index (χ0n) is 15.8. The number of nitrogens with zero attached hydrogens (tertiary/aromatic N) is 4. The predicted octanol–water partition coefficient (Wildman–Crippen LogP) is 3.69. The second-order valence-corrected chi connectivity index (χ2v) is 7.42. The molecule has 0 N–H and O–H groups in total. The van der Waals surface area contributed by atoms with Crippen LogP contribution in [0, 0.1) is 13.8 Å². The molecule has 0 bridgehead atoms. The molecule has 1 aromatic heterocycles. The first-order valence-electron chi connectivity index (χ1n) is 8.82. The minimum Gasteiger partial charge on any atom is -0.486 e. The van der Waals surface area contributed by atoms with Crippen LogP contribution in [0.25, 0.3) is 5.69 Å². The molecule has 0 saturated heterocycles. The van der Waals surface area contributed by atoms with Crippen LogP contribution >= 0.6 is 15.9 Å². The second kappa shape index (κ2) is 7.27. The van der Waals surface area contributed by atoms with Crippen LogP contribution in [-0.4, -0.2) is 41.2 Å². The summed E-state index contributed by atoms with van der Waals surface area (Å²) >= 11 is 3.48. The molecule has 1 aliphatic rings. The van der Waals surface area contributed by atoms with E-state index in [-0.39, 0.29) is 5.91 Å². The molecule has 4 rings (SSSR count). The Balaban J connectivity index is 1.64. The lowest BCUT2D eigenvalue weighted by Crippen LogP contribution is -2.27. The summed E-state index contributed by atoms with van der Waals surface area (Å²) in [4.78, 5) is 14.6. The number of fused-ring (bicyclic) bond motifs is 1. The zero-order valence-corrected chi connectivity index (χ0v) is 17.4. The van der Waals surface area contributed by atoms with Gasteiger partial charge in [-0.3, -0.25) is 4.79 Å². The average Bonchev–Trinajstić information content (AvgIpc) is 3.10. The van der Waals surface area contributed by atoms with Gasteiger partial charge in [-0.1, -0.05) is 21.1 Å². The topological polar surface area (TPSA) is 69.5 Å². The number of aryl methyl sites for hydroxylation is 1. The summed E-state index contributed by atoms with van der Waals surface area (Å²) in [6, 6.07) is 11.3. The van der Waals surface area contributed by atoms with Gasteiger partial charge in [0.1, 0.15) is 13.2 Å². The molecule has 0 unspecified atom stereocenters. The molecular formula is C20H19BrN4O3. The van der Waals surface area contributed by atoms with Gasteiger partial charge in [-0.05, 0) is 49.7 Å². The molecule has 2 aromatic carbocycles. The first-order chi connectivity index (χ1) is 13.5. The highest BCUT2D eigenvalue weighted by Crippen LogP contribution is 2.32.